The van der Waals surface area contributed by atoms with Gasteiger partial charge in [-0.2, -0.15) is 0 Å². The summed E-state index contributed by atoms with van der Waals surface area (Å²) >= 11 is 3.35. The largest absolute Gasteiger partial charge is 0.398 e. The third-order valence-electron chi connectivity index (χ3n) is 3.68. The number of rotatable bonds is 2. The molecule has 3 unspecified atom stereocenters. The number of benzene rings is 1. The highest BCUT2D eigenvalue weighted by molar-refractivity contribution is 9.10. The van der Waals surface area contributed by atoms with Gasteiger partial charge in [0.25, 0.3) is 5.91 Å². The van der Waals surface area contributed by atoms with Crippen LogP contribution in [0.1, 0.15) is 29.6 Å². The van der Waals surface area contributed by atoms with Crippen molar-refractivity contribution in [3.8, 4) is 0 Å². The Kier molecular flexibility index (Phi) is 3.03. The summed E-state index contributed by atoms with van der Waals surface area (Å²) in [4.78, 5) is 12.2. The zero-order valence-corrected chi connectivity index (χ0v) is 11.4. The minimum atomic E-state index is -0.116. The predicted molar refractivity (Wildman–Crippen MR) is 72.3 cm³/mol. The standard InChI is InChI=1S/C13H15BrN2O2/c14-7-1-3-10(15)9(5-7)13(17)16-11-6-8-2-4-12(11)18-8/h1,3,5,8,11-12H,2,4,6,15H2,(H,16,17). The molecule has 3 N–H and O–H groups in total. The van der Waals surface area contributed by atoms with E-state index in [9.17, 15) is 4.79 Å². The lowest BCUT2D eigenvalue weighted by Crippen LogP contribution is -2.41. The van der Waals surface area contributed by atoms with Crippen LogP contribution in [0.4, 0.5) is 5.69 Å². The number of nitrogens with two attached hydrogens (primary N) is 1. The van der Waals surface area contributed by atoms with Crippen molar-refractivity contribution in [2.24, 2.45) is 0 Å². The number of hydrogen-bond acceptors (Lipinski definition) is 3. The summed E-state index contributed by atoms with van der Waals surface area (Å²) in [7, 11) is 0. The molecule has 2 heterocycles. The van der Waals surface area contributed by atoms with E-state index in [4.69, 9.17) is 10.5 Å². The molecule has 2 bridgehead atoms. The normalized spacial score (nSPS) is 29.5. The van der Waals surface area contributed by atoms with E-state index >= 15 is 0 Å². The van der Waals surface area contributed by atoms with E-state index in [0.717, 1.165) is 23.7 Å². The highest BCUT2D eigenvalue weighted by Crippen LogP contribution is 2.34. The molecular formula is C13H15BrN2O2. The number of nitrogens with one attached hydrogen (secondary N) is 1. The zero-order valence-electron chi connectivity index (χ0n) is 9.86. The molecule has 0 saturated carbocycles. The summed E-state index contributed by atoms with van der Waals surface area (Å²) in [5.41, 5.74) is 6.85. The SMILES string of the molecule is Nc1ccc(Br)cc1C(=O)NC1CC2CCC1O2. The second-order valence-corrected chi connectivity index (χ2v) is 5.84. The topological polar surface area (TPSA) is 64.4 Å². The maximum atomic E-state index is 12.2. The van der Waals surface area contributed by atoms with E-state index in [1.807, 2.05) is 6.07 Å². The molecule has 0 radical (unpaired) electrons. The lowest BCUT2D eigenvalue weighted by Gasteiger charge is -2.20. The molecular weight excluding hydrogens is 296 g/mol. The van der Waals surface area contributed by atoms with Crippen molar-refractivity contribution in [2.45, 2.75) is 37.5 Å². The molecule has 0 aliphatic carbocycles. The van der Waals surface area contributed by atoms with Crippen LogP contribution in [-0.2, 0) is 4.74 Å². The Labute approximate surface area is 114 Å². The van der Waals surface area contributed by atoms with Crippen LogP contribution in [0.2, 0.25) is 0 Å². The van der Waals surface area contributed by atoms with Crippen LogP contribution < -0.4 is 11.1 Å². The highest BCUT2D eigenvalue weighted by atomic mass is 79.9. The van der Waals surface area contributed by atoms with Crippen LogP contribution in [0.5, 0.6) is 0 Å². The first-order chi connectivity index (χ1) is 8.63. The Bertz CT molecular complexity index is 492. The Morgan fingerprint density at radius 2 is 2.28 bits per heavy atom. The van der Waals surface area contributed by atoms with Gasteiger partial charge < -0.3 is 15.8 Å². The van der Waals surface area contributed by atoms with Gasteiger partial charge in [-0.05, 0) is 37.5 Å². The van der Waals surface area contributed by atoms with Crippen molar-refractivity contribution in [1.82, 2.24) is 5.32 Å². The van der Waals surface area contributed by atoms with Gasteiger partial charge in [0.1, 0.15) is 0 Å². The van der Waals surface area contributed by atoms with E-state index in [-0.39, 0.29) is 18.1 Å². The maximum absolute atomic E-state index is 12.2. The second-order valence-electron chi connectivity index (χ2n) is 4.92. The lowest BCUT2D eigenvalue weighted by atomic mass is 9.95. The van der Waals surface area contributed by atoms with E-state index in [2.05, 4.69) is 21.2 Å². The summed E-state index contributed by atoms with van der Waals surface area (Å²) < 4.78 is 6.57. The lowest BCUT2D eigenvalue weighted by molar-refractivity contribution is 0.0841. The molecule has 2 fully saturated rings. The Morgan fingerprint density at radius 3 is 2.94 bits per heavy atom. The fourth-order valence-corrected chi connectivity index (χ4v) is 3.12. The Balaban J connectivity index is 1.73. The van der Waals surface area contributed by atoms with Gasteiger partial charge >= 0.3 is 0 Å². The highest BCUT2D eigenvalue weighted by Gasteiger charge is 2.41. The molecule has 2 aliphatic heterocycles. The summed E-state index contributed by atoms with van der Waals surface area (Å²) in [5, 5.41) is 3.03. The van der Waals surface area contributed by atoms with Gasteiger partial charge in [0.05, 0.1) is 23.8 Å². The maximum Gasteiger partial charge on any atom is 0.253 e. The first-order valence-corrected chi connectivity index (χ1v) is 6.94. The Morgan fingerprint density at radius 1 is 1.44 bits per heavy atom. The Hall–Kier alpha value is -1.07. The van der Waals surface area contributed by atoms with Gasteiger partial charge in [-0.25, -0.2) is 0 Å². The molecule has 5 heteroatoms. The van der Waals surface area contributed by atoms with Crippen molar-refractivity contribution in [3.63, 3.8) is 0 Å². The van der Waals surface area contributed by atoms with E-state index < -0.39 is 0 Å². The third kappa shape index (κ3) is 2.12. The average molecular weight is 311 g/mol. The minimum absolute atomic E-state index is 0.116. The van der Waals surface area contributed by atoms with E-state index in [1.165, 1.54) is 0 Å². The van der Waals surface area contributed by atoms with Crippen molar-refractivity contribution in [3.05, 3.63) is 28.2 Å². The van der Waals surface area contributed by atoms with Crippen LogP contribution in [0.25, 0.3) is 0 Å². The molecule has 0 spiro atoms. The number of carbonyl (C=O) groups excluding carboxylic acids is 1. The summed E-state index contributed by atoms with van der Waals surface area (Å²) in [6, 6.07) is 5.44. The molecule has 1 aromatic rings. The van der Waals surface area contributed by atoms with Gasteiger partial charge in [0.15, 0.2) is 0 Å². The summed E-state index contributed by atoms with van der Waals surface area (Å²) in [6.07, 6.45) is 3.61. The average Bonchev–Trinajstić information content (AvgIpc) is 2.94. The summed E-state index contributed by atoms with van der Waals surface area (Å²) in [6.45, 7) is 0. The molecule has 2 saturated heterocycles. The smallest absolute Gasteiger partial charge is 0.253 e. The molecule has 3 atom stereocenters. The van der Waals surface area contributed by atoms with Crippen LogP contribution in [0.3, 0.4) is 0 Å². The van der Waals surface area contributed by atoms with Gasteiger partial charge in [0, 0.05) is 10.2 Å². The van der Waals surface area contributed by atoms with Crippen LogP contribution in [-0.4, -0.2) is 24.2 Å². The monoisotopic (exact) mass is 310 g/mol. The molecule has 3 rings (SSSR count). The number of hydrogen-bond donors (Lipinski definition) is 2. The molecule has 0 aromatic heterocycles. The van der Waals surface area contributed by atoms with Crippen molar-refractivity contribution in [2.75, 3.05) is 5.73 Å². The third-order valence-corrected chi connectivity index (χ3v) is 4.18. The number of carbonyl (C=O) groups is 1. The van der Waals surface area contributed by atoms with Gasteiger partial charge in [-0.3, -0.25) is 4.79 Å². The van der Waals surface area contributed by atoms with Gasteiger partial charge in [0.2, 0.25) is 0 Å². The number of ether oxygens (including phenoxy) is 1. The van der Waals surface area contributed by atoms with Crippen LogP contribution >= 0.6 is 15.9 Å². The fourth-order valence-electron chi connectivity index (χ4n) is 2.76. The van der Waals surface area contributed by atoms with Crippen molar-refractivity contribution in [1.29, 1.82) is 0 Å². The van der Waals surface area contributed by atoms with E-state index in [1.54, 1.807) is 12.1 Å². The fraction of sp³-hybridized carbons (Fsp3) is 0.462. The predicted octanol–water partition coefficient (Wildman–Crippen LogP) is 2.08. The zero-order chi connectivity index (χ0) is 12.7. The summed E-state index contributed by atoms with van der Waals surface area (Å²) in [5.74, 6) is -0.116. The molecule has 18 heavy (non-hydrogen) atoms. The van der Waals surface area contributed by atoms with Gasteiger partial charge in [-0.1, -0.05) is 15.9 Å². The van der Waals surface area contributed by atoms with Crippen LogP contribution in [0.15, 0.2) is 22.7 Å². The number of fused-ring (bicyclic) bond motifs is 2. The van der Waals surface area contributed by atoms with Gasteiger partial charge in [-0.15, -0.1) is 0 Å². The molecule has 2 aliphatic rings. The molecule has 1 amide bonds. The molecule has 4 nitrogen and oxygen atoms in total. The first-order valence-electron chi connectivity index (χ1n) is 6.15. The number of anilines is 1. The number of halogens is 1. The molecule has 1 aromatic carbocycles. The quantitative estimate of drug-likeness (QED) is 0.822. The number of nitrogen functional groups attached to an aromatic ring is 1. The van der Waals surface area contributed by atoms with Crippen molar-refractivity contribution < 1.29 is 9.53 Å². The number of amides is 1. The minimum Gasteiger partial charge on any atom is -0.398 e. The van der Waals surface area contributed by atoms with Crippen LogP contribution in [0, 0.1) is 0 Å². The van der Waals surface area contributed by atoms with Crippen molar-refractivity contribution >= 4 is 27.5 Å². The first kappa shape index (κ1) is 12.0. The second kappa shape index (κ2) is 4.55. The molecule has 96 valence electrons. The van der Waals surface area contributed by atoms with E-state index in [0.29, 0.717) is 17.4 Å².